The standard InChI is InChI=1S/C11H13ClN2O3/c12-6-9-7-17-4-3-14(9)11(16)8-1-2-13-10(15)5-8/h1-2,5,9H,3-4,6-7H2,(H,13,15). The first-order valence-electron chi connectivity index (χ1n) is 5.36. The summed E-state index contributed by atoms with van der Waals surface area (Å²) in [4.78, 5) is 27.5. The predicted octanol–water partition coefficient (Wildman–Crippen LogP) is 0.455. The van der Waals surface area contributed by atoms with Crippen LogP contribution < -0.4 is 5.56 Å². The second kappa shape index (κ2) is 5.33. The molecule has 0 aliphatic carbocycles. The number of amides is 1. The minimum Gasteiger partial charge on any atom is -0.377 e. The summed E-state index contributed by atoms with van der Waals surface area (Å²) in [5.41, 5.74) is 0.0947. The molecule has 0 saturated carbocycles. The summed E-state index contributed by atoms with van der Waals surface area (Å²) in [6.07, 6.45) is 1.46. The zero-order valence-electron chi connectivity index (χ0n) is 9.19. The Bertz CT molecular complexity index is 460. The van der Waals surface area contributed by atoms with E-state index < -0.39 is 0 Å². The molecule has 0 spiro atoms. The van der Waals surface area contributed by atoms with Gasteiger partial charge in [0.1, 0.15) is 0 Å². The second-order valence-electron chi connectivity index (χ2n) is 3.82. The molecule has 0 aromatic carbocycles. The van der Waals surface area contributed by atoms with Crippen LogP contribution >= 0.6 is 11.6 Å². The van der Waals surface area contributed by atoms with E-state index in [9.17, 15) is 9.59 Å². The van der Waals surface area contributed by atoms with E-state index in [2.05, 4.69) is 4.98 Å². The van der Waals surface area contributed by atoms with Crippen LogP contribution in [0.1, 0.15) is 10.4 Å². The average molecular weight is 257 g/mol. The van der Waals surface area contributed by atoms with Crippen LogP contribution in [0.3, 0.4) is 0 Å². The van der Waals surface area contributed by atoms with Crippen LogP contribution in [0.25, 0.3) is 0 Å². The molecule has 0 bridgehead atoms. The highest BCUT2D eigenvalue weighted by atomic mass is 35.5. The van der Waals surface area contributed by atoms with Crippen LogP contribution in [0, 0.1) is 0 Å². The Balaban J connectivity index is 2.21. The maximum atomic E-state index is 12.2. The molecule has 1 aromatic heterocycles. The molecule has 1 aromatic rings. The lowest BCUT2D eigenvalue weighted by Crippen LogP contribution is -2.49. The van der Waals surface area contributed by atoms with Crippen molar-refractivity contribution in [2.24, 2.45) is 0 Å². The van der Waals surface area contributed by atoms with Gasteiger partial charge in [0, 0.05) is 30.3 Å². The van der Waals surface area contributed by atoms with Gasteiger partial charge in [0.15, 0.2) is 0 Å². The molecule has 1 aliphatic rings. The Morgan fingerprint density at radius 1 is 1.65 bits per heavy atom. The number of nitrogens with zero attached hydrogens (tertiary/aromatic N) is 1. The van der Waals surface area contributed by atoms with Gasteiger partial charge in [-0.05, 0) is 6.07 Å². The van der Waals surface area contributed by atoms with E-state index >= 15 is 0 Å². The van der Waals surface area contributed by atoms with Crippen LogP contribution in [-0.4, -0.2) is 47.5 Å². The summed E-state index contributed by atoms with van der Waals surface area (Å²) in [5.74, 6) is 0.152. The van der Waals surface area contributed by atoms with Gasteiger partial charge in [-0.3, -0.25) is 9.59 Å². The largest absolute Gasteiger partial charge is 0.377 e. The second-order valence-corrected chi connectivity index (χ2v) is 4.13. The molecule has 17 heavy (non-hydrogen) atoms. The zero-order chi connectivity index (χ0) is 12.3. The van der Waals surface area contributed by atoms with Gasteiger partial charge < -0.3 is 14.6 Å². The van der Waals surface area contributed by atoms with Crippen LogP contribution in [0.4, 0.5) is 0 Å². The summed E-state index contributed by atoms with van der Waals surface area (Å²) < 4.78 is 5.27. The molecule has 5 nitrogen and oxygen atoms in total. The number of aromatic amines is 1. The topological polar surface area (TPSA) is 62.4 Å². The van der Waals surface area contributed by atoms with Gasteiger partial charge in [0.25, 0.3) is 5.91 Å². The Hall–Kier alpha value is -1.33. The zero-order valence-corrected chi connectivity index (χ0v) is 9.94. The maximum Gasteiger partial charge on any atom is 0.254 e. The molecule has 2 heterocycles. The van der Waals surface area contributed by atoms with Crippen molar-refractivity contribution in [2.45, 2.75) is 6.04 Å². The Morgan fingerprint density at radius 2 is 2.47 bits per heavy atom. The molecule has 1 amide bonds. The van der Waals surface area contributed by atoms with E-state index in [1.165, 1.54) is 12.3 Å². The fraction of sp³-hybridized carbons (Fsp3) is 0.455. The van der Waals surface area contributed by atoms with Crippen LogP contribution in [0.15, 0.2) is 23.1 Å². The number of ether oxygens (including phenoxy) is 1. The van der Waals surface area contributed by atoms with Gasteiger partial charge >= 0.3 is 0 Å². The van der Waals surface area contributed by atoms with Crippen molar-refractivity contribution in [3.63, 3.8) is 0 Å². The number of carbonyl (C=O) groups is 1. The first kappa shape index (κ1) is 12.1. The highest BCUT2D eigenvalue weighted by Crippen LogP contribution is 2.12. The number of nitrogens with one attached hydrogen (secondary N) is 1. The third kappa shape index (κ3) is 2.68. The summed E-state index contributed by atoms with van der Waals surface area (Å²) >= 11 is 5.80. The van der Waals surface area contributed by atoms with Gasteiger partial charge in [-0.25, -0.2) is 0 Å². The Morgan fingerprint density at radius 3 is 3.18 bits per heavy atom. The van der Waals surface area contributed by atoms with Crippen molar-refractivity contribution < 1.29 is 9.53 Å². The number of aromatic nitrogens is 1. The highest BCUT2D eigenvalue weighted by molar-refractivity contribution is 6.18. The van der Waals surface area contributed by atoms with E-state index in [1.54, 1.807) is 11.0 Å². The Labute approximate surface area is 103 Å². The molecule has 1 fully saturated rings. The molecule has 1 aliphatic heterocycles. The maximum absolute atomic E-state index is 12.2. The monoisotopic (exact) mass is 256 g/mol. The van der Waals surface area contributed by atoms with E-state index in [0.29, 0.717) is 31.2 Å². The van der Waals surface area contributed by atoms with Crippen molar-refractivity contribution in [1.82, 2.24) is 9.88 Å². The summed E-state index contributed by atoms with van der Waals surface area (Å²) in [6, 6.07) is 2.75. The van der Waals surface area contributed by atoms with E-state index in [4.69, 9.17) is 16.3 Å². The Kier molecular flexibility index (Phi) is 3.81. The van der Waals surface area contributed by atoms with Gasteiger partial charge in [-0.2, -0.15) is 0 Å². The van der Waals surface area contributed by atoms with Crippen molar-refractivity contribution in [3.8, 4) is 0 Å². The van der Waals surface area contributed by atoms with Crippen molar-refractivity contribution in [2.75, 3.05) is 25.6 Å². The number of carbonyl (C=O) groups excluding carboxylic acids is 1. The normalized spacial score (nSPS) is 20.3. The average Bonchev–Trinajstić information content (AvgIpc) is 2.38. The summed E-state index contributed by atoms with van der Waals surface area (Å²) in [6.45, 7) is 1.45. The van der Waals surface area contributed by atoms with E-state index in [-0.39, 0.29) is 17.5 Å². The number of alkyl halides is 1. The van der Waals surface area contributed by atoms with Crippen LogP contribution in [0.2, 0.25) is 0 Å². The summed E-state index contributed by atoms with van der Waals surface area (Å²) in [7, 11) is 0. The molecule has 1 saturated heterocycles. The quantitative estimate of drug-likeness (QED) is 0.782. The van der Waals surface area contributed by atoms with Gasteiger partial charge in [0.2, 0.25) is 5.56 Å². The minimum atomic E-state index is -0.286. The molecule has 6 heteroatoms. The predicted molar refractivity (Wildman–Crippen MR) is 63.4 cm³/mol. The van der Waals surface area contributed by atoms with Crippen molar-refractivity contribution >= 4 is 17.5 Å². The molecule has 1 unspecified atom stereocenters. The third-order valence-electron chi connectivity index (χ3n) is 2.69. The number of hydrogen-bond acceptors (Lipinski definition) is 3. The number of pyridine rings is 1. The molecular formula is C11H13ClN2O3. The van der Waals surface area contributed by atoms with Crippen LogP contribution in [-0.2, 0) is 4.74 Å². The molecule has 92 valence electrons. The number of H-pyrrole nitrogens is 1. The van der Waals surface area contributed by atoms with Crippen molar-refractivity contribution in [1.29, 1.82) is 0 Å². The van der Waals surface area contributed by atoms with Crippen LogP contribution in [0.5, 0.6) is 0 Å². The fourth-order valence-electron chi connectivity index (χ4n) is 1.79. The third-order valence-corrected chi connectivity index (χ3v) is 3.04. The molecule has 1 N–H and O–H groups in total. The highest BCUT2D eigenvalue weighted by Gasteiger charge is 2.27. The number of hydrogen-bond donors (Lipinski definition) is 1. The molecule has 0 radical (unpaired) electrons. The smallest absolute Gasteiger partial charge is 0.254 e. The number of halogens is 1. The van der Waals surface area contributed by atoms with Gasteiger partial charge in [-0.1, -0.05) is 0 Å². The molecule has 1 atom stereocenters. The van der Waals surface area contributed by atoms with E-state index in [0.717, 1.165) is 0 Å². The molecular weight excluding hydrogens is 244 g/mol. The lowest BCUT2D eigenvalue weighted by atomic mass is 10.2. The minimum absolute atomic E-state index is 0.128. The SMILES string of the molecule is O=C(c1cc[nH]c(=O)c1)N1CCOCC1CCl. The first-order chi connectivity index (χ1) is 8.22. The lowest BCUT2D eigenvalue weighted by Gasteiger charge is -2.34. The number of rotatable bonds is 2. The summed E-state index contributed by atoms with van der Waals surface area (Å²) in [5, 5.41) is 0. The first-order valence-corrected chi connectivity index (χ1v) is 5.89. The number of morpholine rings is 1. The fourth-order valence-corrected chi connectivity index (χ4v) is 2.05. The van der Waals surface area contributed by atoms with Gasteiger partial charge in [0.05, 0.1) is 19.3 Å². The van der Waals surface area contributed by atoms with Gasteiger partial charge in [-0.15, -0.1) is 11.6 Å². The molecule has 2 rings (SSSR count). The lowest BCUT2D eigenvalue weighted by molar-refractivity contribution is 0.00455. The van der Waals surface area contributed by atoms with E-state index in [1.807, 2.05) is 0 Å². The van der Waals surface area contributed by atoms with Crippen molar-refractivity contribution in [3.05, 3.63) is 34.2 Å².